The topological polar surface area (TPSA) is 87.2 Å². The maximum atomic E-state index is 12.7. The SMILES string of the molecule is CCn1c(=O)[nH]c2cc(C(=O)N3CCC(CNC)CC3)ccc2c1=O. The summed E-state index contributed by atoms with van der Waals surface area (Å²) < 4.78 is 1.15. The van der Waals surface area contributed by atoms with Gasteiger partial charge in [0.1, 0.15) is 0 Å². The lowest BCUT2D eigenvalue weighted by atomic mass is 9.96. The van der Waals surface area contributed by atoms with Gasteiger partial charge in [0.15, 0.2) is 0 Å². The van der Waals surface area contributed by atoms with Crippen LogP contribution in [0.2, 0.25) is 0 Å². The molecule has 1 aliphatic heterocycles. The van der Waals surface area contributed by atoms with Crippen LogP contribution in [0.5, 0.6) is 0 Å². The number of fused-ring (bicyclic) bond motifs is 1. The highest BCUT2D eigenvalue weighted by molar-refractivity contribution is 5.97. The summed E-state index contributed by atoms with van der Waals surface area (Å²) >= 11 is 0. The van der Waals surface area contributed by atoms with Crippen LogP contribution in [-0.4, -0.2) is 47.0 Å². The number of nitrogens with one attached hydrogen (secondary N) is 2. The number of rotatable bonds is 4. The molecule has 2 N–H and O–H groups in total. The molecule has 25 heavy (non-hydrogen) atoms. The third-order valence-electron chi connectivity index (χ3n) is 4.94. The van der Waals surface area contributed by atoms with E-state index in [1.807, 2.05) is 11.9 Å². The molecule has 2 heterocycles. The Morgan fingerprint density at radius 1 is 1.28 bits per heavy atom. The predicted octanol–water partition coefficient (Wildman–Crippen LogP) is 0.781. The number of H-pyrrole nitrogens is 1. The molecule has 0 radical (unpaired) electrons. The van der Waals surface area contributed by atoms with Crippen LogP contribution in [0.15, 0.2) is 27.8 Å². The quantitative estimate of drug-likeness (QED) is 0.858. The molecular weight excluding hydrogens is 320 g/mol. The Hall–Kier alpha value is -2.41. The molecule has 0 atom stereocenters. The predicted molar refractivity (Wildman–Crippen MR) is 97.1 cm³/mol. The monoisotopic (exact) mass is 344 g/mol. The van der Waals surface area contributed by atoms with Gasteiger partial charge in [-0.15, -0.1) is 0 Å². The third-order valence-corrected chi connectivity index (χ3v) is 4.94. The van der Waals surface area contributed by atoms with Gasteiger partial charge in [-0.05, 0) is 57.5 Å². The molecule has 1 aromatic carbocycles. The fourth-order valence-electron chi connectivity index (χ4n) is 3.49. The molecule has 0 aliphatic carbocycles. The number of benzene rings is 1. The average molecular weight is 344 g/mol. The van der Waals surface area contributed by atoms with Crippen molar-refractivity contribution in [3.8, 4) is 0 Å². The average Bonchev–Trinajstić information content (AvgIpc) is 2.62. The minimum atomic E-state index is -0.447. The summed E-state index contributed by atoms with van der Waals surface area (Å²) in [4.78, 5) is 41.6. The molecule has 0 bridgehead atoms. The van der Waals surface area contributed by atoms with Gasteiger partial charge in [-0.1, -0.05) is 0 Å². The molecule has 1 aromatic heterocycles. The van der Waals surface area contributed by atoms with Crippen molar-refractivity contribution < 1.29 is 4.79 Å². The maximum absolute atomic E-state index is 12.7. The number of aromatic amines is 1. The summed E-state index contributed by atoms with van der Waals surface area (Å²) in [5.74, 6) is 0.555. The molecule has 3 rings (SSSR count). The summed E-state index contributed by atoms with van der Waals surface area (Å²) in [6.07, 6.45) is 1.97. The molecule has 7 heteroatoms. The van der Waals surface area contributed by atoms with E-state index in [0.717, 1.165) is 37.0 Å². The Kier molecular flexibility index (Phi) is 5.03. The van der Waals surface area contributed by atoms with Crippen LogP contribution < -0.4 is 16.6 Å². The zero-order chi connectivity index (χ0) is 18.0. The summed E-state index contributed by atoms with van der Waals surface area (Å²) in [5, 5.41) is 3.61. The number of hydrogen-bond acceptors (Lipinski definition) is 4. The zero-order valence-corrected chi connectivity index (χ0v) is 14.7. The van der Waals surface area contributed by atoms with Crippen molar-refractivity contribution in [3.05, 3.63) is 44.6 Å². The Labute approximate surface area is 145 Å². The smallest absolute Gasteiger partial charge is 0.328 e. The first-order chi connectivity index (χ1) is 12.0. The number of piperidine rings is 1. The fourth-order valence-corrected chi connectivity index (χ4v) is 3.49. The third kappa shape index (κ3) is 3.37. The largest absolute Gasteiger partial charge is 0.339 e. The van der Waals surface area contributed by atoms with Gasteiger partial charge in [0, 0.05) is 25.2 Å². The highest BCUT2D eigenvalue weighted by Crippen LogP contribution is 2.19. The molecule has 1 fully saturated rings. The van der Waals surface area contributed by atoms with E-state index in [2.05, 4.69) is 10.3 Å². The Balaban J connectivity index is 1.86. The van der Waals surface area contributed by atoms with Gasteiger partial charge in [0.25, 0.3) is 11.5 Å². The van der Waals surface area contributed by atoms with Crippen LogP contribution in [0.4, 0.5) is 0 Å². The number of carbonyl (C=O) groups is 1. The van der Waals surface area contributed by atoms with E-state index in [4.69, 9.17) is 0 Å². The first-order valence-corrected chi connectivity index (χ1v) is 8.76. The lowest BCUT2D eigenvalue weighted by Gasteiger charge is -2.32. The molecule has 1 amide bonds. The molecule has 1 saturated heterocycles. The van der Waals surface area contributed by atoms with E-state index in [9.17, 15) is 14.4 Å². The van der Waals surface area contributed by atoms with Crippen LogP contribution in [0.25, 0.3) is 10.9 Å². The molecule has 2 aromatic rings. The van der Waals surface area contributed by atoms with Gasteiger partial charge in [0.2, 0.25) is 0 Å². The second kappa shape index (κ2) is 7.23. The van der Waals surface area contributed by atoms with Gasteiger partial charge >= 0.3 is 5.69 Å². The molecular formula is C18H24N4O3. The summed E-state index contributed by atoms with van der Waals surface area (Å²) in [5.41, 5.74) is 0.144. The van der Waals surface area contributed by atoms with Crippen LogP contribution in [0.1, 0.15) is 30.1 Å². The van der Waals surface area contributed by atoms with Crippen molar-refractivity contribution in [1.82, 2.24) is 19.8 Å². The number of aromatic nitrogens is 2. The number of likely N-dealkylation sites (tertiary alicyclic amines) is 1. The van der Waals surface area contributed by atoms with Gasteiger partial charge in [0.05, 0.1) is 10.9 Å². The summed E-state index contributed by atoms with van der Waals surface area (Å²) in [6.45, 7) is 4.50. The van der Waals surface area contributed by atoms with Crippen LogP contribution in [-0.2, 0) is 6.54 Å². The van der Waals surface area contributed by atoms with Gasteiger partial charge < -0.3 is 15.2 Å². The first kappa shape index (κ1) is 17.4. The Bertz CT molecular complexity index is 891. The van der Waals surface area contributed by atoms with Crippen molar-refractivity contribution >= 4 is 16.8 Å². The van der Waals surface area contributed by atoms with E-state index in [1.165, 1.54) is 0 Å². The molecule has 0 saturated carbocycles. The number of carbonyl (C=O) groups excluding carboxylic acids is 1. The van der Waals surface area contributed by atoms with Crippen molar-refractivity contribution in [2.45, 2.75) is 26.3 Å². The minimum absolute atomic E-state index is 0.0506. The van der Waals surface area contributed by atoms with Crippen LogP contribution >= 0.6 is 0 Å². The van der Waals surface area contributed by atoms with Crippen molar-refractivity contribution in [3.63, 3.8) is 0 Å². The van der Waals surface area contributed by atoms with E-state index in [-0.39, 0.29) is 11.5 Å². The van der Waals surface area contributed by atoms with Crippen LogP contribution in [0, 0.1) is 5.92 Å². The van der Waals surface area contributed by atoms with Crippen LogP contribution in [0.3, 0.4) is 0 Å². The highest BCUT2D eigenvalue weighted by atomic mass is 16.2. The van der Waals surface area contributed by atoms with E-state index < -0.39 is 5.69 Å². The first-order valence-electron chi connectivity index (χ1n) is 8.76. The van der Waals surface area contributed by atoms with E-state index >= 15 is 0 Å². The normalized spacial score (nSPS) is 15.7. The Morgan fingerprint density at radius 2 is 2.00 bits per heavy atom. The molecule has 0 unspecified atom stereocenters. The lowest BCUT2D eigenvalue weighted by Crippen LogP contribution is -2.40. The standard InChI is InChI=1S/C18H24N4O3/c1-3-22-17(24)14-5-4-13(10-15(14)20-18(22)25)16(23)21-8-6-12(7-9-21)11-19-2/h4-5,10,12,19H,3,6-9,11H2,1-2H3,(H,20,25). The van der Waals surface area contributed by atoms with E-state index in [0.29, 0.717) is 28.9 Å². The minimum Gasteiger partial charge on any atom is -0.339 e. The highest BCUT2D eigenvalue weighted by Gasteiger charge is 2.23. The lowest BCUT2D eigenvalue weighted by molar-refractivity contribution is 0.0691. The van der Waals surface area contributed by atoms with Gasteiger partial charge in [-0.25, -0.2) is 4.79 Å². The number of hydrogen-bond donors (Lipinski definition) is 2. The summed E-state index contributed by atoms with van der Waals surface area (Å²) in [6, 6.07) is 4.91. The van der Waals surface area contributed by atoms with Gasteiger partial charge in [-0.3, -0.25) is 14.2 Å². The maximum Gasteiger partial charge on any atom is 0.328 e. The summed E-state index contributed by atoms with van der Waals surface area (Å²) in [7, 11) is 1.94. The molecule has 7 nitrogen and oxygen atoms in total. The van der Waals surface area contributed by atoms with Crippen molar-refractivity contribution in [2.24, 2.45) is 5.92 Å². The Morgan fingerprint density at radius 3 is 2.64 bits per heavy atom. The van der Waals surface area contributed by atoms with Crippen molar-refractivity contribution in [1.29, 1.82) is 0 Å². The number of nitrogens with zero attached hydrogens (tertiary/aromatic N) is 2. The molecule has 134 valence electrons. The zero-order valence-electron chi connectivity index (χ0n) is 14.7. The second-order valence-corrected chi connectivity index (χ2v) is 6.53. The van der Waals surface area contributed by atoms with E-state index in [1.54, 1.807) is 25.1 Å². The van der Waals surface area contributed by atoms with Gasteiger partial charge in [-0.2, -0.15) is 0 Å². The molecule has 0 spiro atoms. The second-order valence-electron chi connectivity index (χ2n) is 6.53. The fraction of sp³-hybridized carbons (Fsp3) is 0.500. The molecule has 1 aliphatic rings. The number of amides is 1. The van der Waals surface area contributed by atoms with Crippen molar-refractivity contribution in [2.75, 3.05) is 26.7 Å².